The molecule has 0 aliphatic carbocycles. The van der Waals surface area contributed by atoms with Crippen LogP contribution in [0.3, 0.4) is 0 Å². The number of aldehydes is 1. The number of rotatable bonds is 11. The summed E-state index contributed by atoms with van der Waals surface area (Å²) in [7, 11) is 3.60. The number of benzene rings is 1. The van der Waals surface area contributed by atoms with Gasteiger partial charge in [-0.1, -0.05) is 76.1 Å². The smallest absolute Gasteiger partial charge is 0.181 e. The number of aliphatic hydroxyl groups excluding tert-OH is 1. The van der Waals surface area contributed by atoms with Crippen LogP contribution in [0.2, 0.25) is 0 Å². The van der Waals surface area contributed by atoms with Gasteiger partial charge in [-0.15, -0.1) is 0 Å². The van der Waals surface area contributed by atoms with Gasteiger partial charge in [0.1, 0.15) is 6.29 Å². The quantitative estimate of drug-likeness (QED) is 0.130. The lowest BCUT2D eigenvalue weighted by atomic mass is 10.1. The number of carbonyl (C=O) groups is 1. The van der Waals surface area contributed by atoms with Crippen LogP contribution >= 0.6 is 0 Å². The second-order valence-electron chi connectivity index (χ2n) is 10.7. The molecule has 1 aromatic rings. The zero-order valence-corrected chi connectivity index (χ0v) is 26.2. The summed E-state index contributed by atoms with van der Waals surface area (Å²) < 4.78 is 16.5. The SMILES string of the molecule is C=C(/C=C(/N)O)CCOC(CCCC)OC.CCC.CN1C[C@H](OC(C)(C)C)C[C@H]1C=O.Cc1ccccc1.[HH]. The molecule has 0 radical (unpaired) electrons. The number of allylic oxidation sites excluding steroid dienone is 1. The number of carbonyl (C=O) groups excluding carboxylic acids is 1. The Kier molecular flexibility index (Phi) is 23.6. The molecule has 3 N–H and O–H groups in total. The number of hydrogen-bond acceptors (Lipinski definition) is 7. The van der Waals surface area contributed by atoms with E-state index in [2.05, 4.69) is 46.4 Å². The van der Waals surface area contributed by atoms with Crippen LogP contribution in [0.5, 0.6) is 0 Å². The van der Waals surface area contributed by atoms with Gasteiger partial charge in [-0.25, -0.2) is 0 Å². The molecule has 1 unspecified atom stereocenters. The lowest BCUT2D eigenvalue weighted by Crippen LogP contribution is -2.29. The molecule has 1 aliphatic rings. The fourth-order valence-electron chi connectivity index (χ4n) is 3.50. The number of aliphatic hydroxyl groups is 1. The van der Waals surface area contributed by atoms with Crippen LogP contribution in [0, 0.1) is 6.92 Å². The average molecular weight is 553 g/mol. The number of likely N-dealkylation sites (N-methyl/N-ethyl adjacent to an activating group) is 1. The maximum atomic E-state index is 10.6. The Hall–Kier alpha value is -2.19. The topological polar surface area (TPSA) is 94.2 Å². The van der Waals surface area contributed by atoms with Crippen LogP contribution in [0.25, 0.3) is 0 Å². The molecule has 0 bridgehead atoms. The number of unbranched alkanes of at least 4 members (excludes halogenated alkanes) is 1. The van der Waals surface area contributed by atoms with Gasteiger partial charge in [-0.2, -0.15) is 0 Å². The lowest BCUT2D eigenvalue weighted by Gasteiger charge is -2.24. The van der Waals surface area contributed by atoms with Gasteiger partial charge >= 0.3 is 0 Å². The summed E-state index contributed by atoms with van der Waals surface area (Å²) in [6.07, 6.45) is 8.32. The number of likely N-dealkylation sites (tertiary alicyclic amines) is 1. The van der Waals surface area contributed by atoms with Crippen molar-refractivity contribution < 1.29 is 25.5 Å². The summed E-state index contributed by atoms with van der Waals surface area (Å²) >= 11 is 0. The Morgan fingerprint density at radius 3 is 2.23 bits per heavy atom. The summed E-state index contributed by atoms with van der Waals surface area (Å²) in [5.41, 5.74) is 7.06. The minimum Gasteiger partial charge on any atom is -0.495 e. The van der Waals surface area contributed by atoms with Crippen molar-refractivity contribution >= 4 is 6.29 Å². The minimum atomic E-state index is -0.223. The van der Waals surface area contributed by atoms with Crippen LogP contribution < -0.4 is 5.73 Å². The molecule has 228 valence electrons. The molecule has 1 fully saturated rings. The van der Waals surface area contributed by atoms with E-state index >= 15 is 0 Å². The Morgan fingerprint density at radius 2 is 1.85 bits per heavy atom. The second-order valence-corrected chi connectivity index (χ2v) is 10.7. The van der Waals surface area contributed by atoms with Crippen LogP contribution in [0.4, 0.5) is 0 Å². The maximum absolute atomic E-state index is 10.6. The summed E-state index contributed by atoms with van der Waals surface area (Å²) in [5.74, 6) is -0.223. The Balaban J connectivity index is -0.000000508. The van der Waals surface area contributed by atoms with E-state index < -0.39 is 0 Å². The Bertz CT molecular complexity index is 764. The first-order chi connectivity index (χ1) is 18.3. The molecule has 0 amide bonds. The molecule has 1 aromatic carbocycles. The normalized spacial score (nSPS) is 17.9. The van der Waals surface area contributed by atoms with Gasteiger partial charge in [0.25, 0.3) is 0 Å². The van der Waals surface area contributed by atoms with Crippen molar-refractivity contribution in [3.05, 3.63) is 60.0 Å². The molecular formula is C32H60N2O5. The van der Waals surface area contributed by atoms with Crippen LogP contribution in [-0.2, 0) is 19.0 Å². The van der Waals surface area contributed by atoms with E-state index in [1.165, 1.54) is 18.1 Å². The van der Waals surface area contributed by atoms with Gasteiger partial charge < -0.3 is 29.8 Å². The van der Waals surface area contributed by atoms with Crippen molar-refractivity contribution in [2.24, 2.45) is 5.73 Å². The average Bonchev–Trinajstić information content (AvgIpc) is 3.20. The molecule has 3 atom stereocenters. The number of ether oxygens (including phenoxy) is 3. The van der Waals surface area contributed by atoms with Gasteiger partial charge in [-0.3, -0.25) is 4.90 Å². The standard InChI is InChI=1S/C12H23NO3.C10H19NO2.C7H8.C3H8.H2/c1-4-5-6-12(15-3)16-8-7-10(2)9-11(13)14;1-10(2,3)13-9-5-8(7-12)11(4)6-9;1-7-5-3-2-4-6-7;1-3-2;/h9,12,14H,2,4-8,13H2,1,3H3;7-9H,5-6H2,1-4H3;2-6H,1H3;3H2,1-2H3;1H/b11-9-;;;;/t;8-,9+;;;/m.0.../s1. The first kappa shape index (κ1) is 39.0. The van der Waals surface area contributed by atoms with Gasteiger partial charge in [-0.05, 0) is 66.0 Å². The zero-order valence-electron chi connectivity index (χ0n) is 26.2. The number of nitrogens with two attached hydrogens (primary N) is 1. The van der Waals surface area contributed by atoms with Gasteiger partial charge in [0.15, 0.2) is 12.2 Å². The molecular weight excluding hydrogens is 492 g/mol. The minimum absolute atomic E-state index is 0. The van der Waals surface area contributed by atoms with Crippen LogP contribution in [0.15, 0.2) is 54.4 Å². The van der Waals surface area contributed by atoms with Crippen LogP contribution in [0.1, 0.15) is 87.1 Å². The molecule has 39 heavy (non-hydrogen) atoms. The van der Waals surface area contributed by atoms with E-state index in [-0.39, 0.29) is 31.3 Å². The molecule has 7 nitrogen and oxygen atoms in total. The first-order valence-electron chi connectivity index (χ1n) is 14.2. The monoisotopic (exact) mass is 552 g/mol. The Labute approximate surface area is 240 Å². The van der Waals surface area contributed by atoms with E-state index in [4.69, 9.17) is 25.1 Å². The fraction of sp³-hybridized carbons (Fsp3) is 0.656. The van der Waals surface area contributed by atoms with E-state index in [0.717, 1.165) is 44.1 Å². The highest BCUT2D eigenvalue weighted by atomic mass is 16.7. The molecule has 0 saturated carbocycles. The molecule has 7 heteroatoms. The van der Waals surface area contributed by atoms with Crippen molar-refractivity contribution in [2.45, 2.75) is 111 Å². The third kappa shape index (κ3) is 24.6. The maximum Gasteiger partial charge on any atom is 0.181 e. The molecule has 1 saturated heterocycles. The Morgan fingerprint density at radius 1 is 1.26 bits per heavy atom. The van der Waals surface area contributed by atoms with Gasteiger partial charge in [0.05, 0.1) is 24.4 Å². The fourth-order valence-corrected chi connectivity index (χ4v) is 3.50. The van der Waals surface area contributed by atoms with E-state index in [0.29, 0.717) is 13.0 Å². The number of aryl methyl sites for hydroxylation is 1. The zero-order chi connectivity index (χ0) is 30.3. The van der Waals surface area contributed by atoms with E-state index in [1.54, 1.807) is 7.11 Å². The largest absolute Gasteiger partial charge is 0.495 e. The highest BCUT2D eigenvalue weighted by Gasteiger charge is 2.32. The second kappa shape index (κ2) is 23.7. The van der Waals surface area contributed by atoms with Crippen molar-refractivity contribution in [1.29, 1.82) is 0 Å². The summed E-state index contributed by atoms with van der Waals surface area (Å²) in [5, 5.41) is 8.81. The number of hydrogen-bond donors (Lipinski definition) is 2. The summed E-state index contributed by atoms with van der Waals surface area (Å²) in [6, 6.07) is 10.3. The predicted molar refractivity (Wildman–Crippen MR) is 166 cm³/mol. The van der Waals surface area contributed by atoms with Crippen molar-refractivity contribution in [3.8, 4) is 0 Å². The number of methoxy groups -OCH3 is 1. The van der Waals surface area contributed by atoms with E-state index in [1.807, 2.05) is 50.9 Å². The third-order valence-corrected chi connectivity index (χ3v) is 5.32. The first-order valence-corrected chi connectivity index (χ1v) is 14.2. The molecule has 0 spiro atoms. The van der Waals surface area contributed by atoms with Crippen molar-refractivity contribution in [2.75, 3.05) is 27.3 Å². The molecule has 2 rings (SSSR count). The summed E-state index contributed by atoms with van der Waals surface area (Å²) in [4.78, 5) is 12.7. The number of nitrogens with zero attached hydrogens (tertiary/aromatic N) is 1. The van der Waals surface area contributed by atoms with Crippen LogP contribution in [-0.4, -0.2) is 67.6 Å². The lowest BCUT2D eigenvalue weighted by molar-refractivity contribution is -0.127. The highest BCUT2D eigenvalue weighted by Crippen LogP contribution is 2.21. The molecule has 1 aliphatic heterocycles. The van der Waals surface area contributed by atoms with Gasteiger partial charge in [0.2, 0.25) is 0 Å². The molecule has 1 heterocycles. The van der Waals surface area contributed by atoms with Crippen molar-refractivity contribution in [1.82, 2.24) is 4.90 Å². The predicted octanol–water partition coefficient (Wildman–Crippen LogP) is 7.20. The van der Waals surface area contributed by atoms with Crippen molar-refractivity contribution in [3.63, 3.8) is 0 Å². The van der Waals surface area contributed by atoms with E-state index in [9.17, 15) is 4.79 Å². The van der Waals surface area contributed by atoms with Gasteiger partial charge in [0, 0.05) is 21.2 Å². The summed E-state index contributed by atoms with van der Waals surface area (Å²) in [6.45, 7) is 19.7. The highest BCUT2D eigenvalue weighted by molar-refractivity contribution is 5.58. The molecule has 0 aromatic heterocycles. The third-order valence-electron chi connectivity index (χ3n) is 5.32.